The van der Waals surface area contributed by atoms with Crippen molar-refractivity contribution in [1.29, 1.82) is 0 Å². The quantitative estimate of drug-likeness (QED) is 0.772. The lowest BCUT2D eigenvalue weighted by Gasteiger charge is -2.10. The van der Waals surface area contributed by atoms with Crippen LogP contribution in [0.5, 0.6) is 0 Å². The number of aryl methyl sites for hydroxylation is 1. The summed E-state index contributed by atoms with van der Waals surface area (Å²) in [5.41, 5.74) is 8.45. The maximum Gasteiger partial charge on any atom is 0.239 e. The molecule has 0 aliphatic heterocycles. The first-order valence-electron chi connectivity index (χ1n) is 6.42. The molecule has 0 radical (unpaired) electrons. The fourth-order valence-electron chi connectivity index (χ4n) is 1.73. The van der Waals surface area contributed by atoms with E-state index in [1.807, 2.05) is 43.3 Å². The van der Waals surface area contributed by atoms with Gasteiger partial charge < -0.3 is 16.4 Å². The molecule has 2 aromatic rings. The van der Waals surface area contributed by atoms with Crippen LogP contribution in [-0.4, -0.2) is 17.4 Å². The van der Waals surface area contributed by atoms with Gasteiger partial charge in [0.25, 0.3) is 0 Å². The number of carbonyl (C=O) groups excluding carboxylic acids is 1. The fraction of sp³-hybridized carbons (Fsp3) is 0.200. The van der Waals surface area contributed by atoms with Crippen molar-refractivity contribution in [3.8, 4) is 0 Å². The zero-order valence-electron chi connectivity index (χ0n) is 11.4. The molecule has 5 nitrogen and oxygen atoms in total. The molecule has 1 aromatic carbocycles. The van der Waals surface area contributed by atoms with E-state index in [4.69, 9.17) is 5.73 Å². The second-order valence-electron chi connectivity index (χ2n) is 4.51. The molecule has 0 saturated carbocycles. The molecule has 20 heavy (non-hydrogen) atoms. The van der Waals surface area contributed by atoms with Crippen LogP contribution in [-0.2, 0) is 11.3 Å². The number of pyridine rings is 1. The largest absolute Gasteiger partial charge is 0.396 e. The van der Waals surface area contributed by atoms with E-state index in [0.717, 1.165) is 11.1 Å². The summed E-state index contributed by atoms with van der Waals surface area (Å²) in [4.78, 5) is 15.9. The first-order valence-corrected chi connectivity index (χ1v) is 6.42. The van der Waals surface area contributed by atoms with E-state index in [-0.39, 0.29) is 12.5 Å². The average molecular weight is 270 g/mol. The summed E-state index contributed by atoms with van der Waals surface area (Å²) in [6.45, 7) is 2.56. The Bertz CT molecular complexity index is 584. The van der Waals surface area contributed by atoms with Crippen molar-refractivity contribution in [2.75, 3.05) is 17.6 Å². The monoisotopic (exact) mass is 270 g/mol. The first kappa shape index (κ1) is 13.9. The zero-order chi connectivity index (χ0) is 14.4. The van der Waals surface area contributed by atoms with Crippen molar-refractivity contribution in [2.45, 2.75) is 13.5 Å². The smallest absolute Gasteiger partial charge is 0.239 e. The number of hydrogen-bond acceptors (Lipinski definition) is 4. The maximum atomic E-state index is 11.7. The molecule has 0 aliphatic carbocycles. The van der Waals surface area contributed by atoms with Crippen LogP contribution in [0.25, 0.3) is 0 Å². The van der Waals surface area contributed by atoms with Gasteiger partial charge in [0, 0.05) is 12.7 Å². The summed E-state index contributed by atoms with van der Waals surface area (Å²) >= 11 is 0. The number of nitrogens with two attached hydrogens (primary N) is 1. The third kappa shape index (κ3) is 3.71. The predicted octanol–water partition coefficient (Wildman–Crippen LogP) is 1.70. The molecule has 1 aromatic heterocycles. The molecule has 1 heterocycles. The molecule has 104 valence electrons. The Hall–Kier alpha value is -2.56. The molecule has 0 spiro atoms. The lowest BCUT2D eigenvalue weighted by Crippen LogP contribution is -2.29. The Morgan fingerprint density at radius 3 is 2.75 bits per heavy atom. The number of carbonyl (C=O) groups is 1. The molecule has 0 fully saturated rings. The van der Waals surface area contributed by atoms with Gasteiger partial charge in [-0.25, -0.2) is 4.98 Å². The zero-order valence-corrected chi connectivity index (χ0v) is 11.4. The first-order chi connectivity index (χ1) is 9.66. The van der Waals surface area contributed by atoms with Crippen LogP contribution in [0.4, 0.5) is 11.5 Å². The van der Waals surface area contributed by atoms with E-state index in [1.165, 1.54) is 0 Å². The van der Waals surface area contributed by atoms with Crippen molar-refractivity contribution < 1.29 is 4.79 Å². The SMILES string of the molecule is Cc1ccnc(NCC(=O)NCc2ccccc2)c1N. The van der Waals surface area contributed by atoms with Gasteiger partial charge in [0.15, 0.2) is 0 Å². The third-order valence-corrected chi connectivity index (χ3v) is 2.96. The Morgan fingerprint density at radius 1 is 1.25 bits per heavy atom. The van der Waals surface area contributed by atoms with Crippen LogP contribution < -0.4 is 16.4 Å². The van der Waals surface area contributed by atoms with Crippen molar-refractivity contribution >= 4 is 17.4 Å². The van der Waals surface area contributed by atoms with Gasteiger partial charge >= 0.3 is 0 Å². The Kier molecular flexibility index (Phi) is 4.55. The molecule has 5 heteroatoms. The number of rotatable bonds is 5. The van der Waals surface area contributed by atoms with Crippen LogP contribution in [0, 0.1) is 6.92 Å². The van der Waals surface area contributed by atoms with Crippen molar-refractivity contribution in [2.24, 2.45) is 0 Å². The lowest BCUT2D eigenvalue weighted by molar-refractivity contribution is -0.119. The molecule has 4 N–H and O–H groups in total. The molecule has 0 bridgehead atoms. The third-order valence-electron chi connectivity index (χ3n) is 2.96. The number of aromatic nitrogens is 1. The second kappa shape index (κ2) is 6.56. The van der Waals surface area contributed by atoms with Crippen LogP contribution >= 0.6 is 0 Å². The minimum atomic E-state index is -0.100. The molecule has 0 unspecified atom stereocenters. The second-order valence-corrected chi connectivity index (χ2v) is 4.51. The fourth-order valence-corrected chi connectivity index (χ4v) is 1.73. The van der Waals surface area contributed by atoms with E-state index >= 15 is 0 Å². The average Bonchev–Trinajstić information content (AvgIpc) is 2.48. The van der Waals surface area contributed by atoms with E-state index in [0.29, 0.717) is 18.1 Å². The summed E-state index contributed by atoms with van der Waals surface area (Å²) in [6.07, 6.45) is 1.66. The van der Waals surface area contributed by atoms with Crippen LogP contribution in [0.1, 0.15) is 11.1 Å². The highest BCUT2D eigenvalue weighted by atomic mass is 16.1. The number of amides is 1. The summed E-state index contributed by atoms with van der Waals surface area (Å²) in [5.74, 6) is 0.441. The van der Waals surface area contributed by atoms with Crippen molar-refractivity contribution in [3.05, 3.63) is 53.7 Å². The summed E-state index contributed by atoms with van der Waals surface area (Å²) < 4.78 is 0. The number of benzene rings is 1. The molecule has 0 saturated heterocycles. The highest BCUT2D eigenvalue weighted by Gasteiger charge is 2.05. The van der Waals surface area contributed by atoms with Crippen molar-refractivity contribution in [1.82, 2.24) is 10.3 Å². The van der Waals surface area contributed by atoms with Gasteiger partial charge in [0.05, 0.1) is 12.2 Å². The minimum Gasteiger partial charge on any atom is -0.396 e. The van der Waals surface area contributed by atoms with Gasteiger partial charge in [-0.1, -0.05) is 30.3 Å². The van der Waals surface area contributed by atoms with Crippen LogP contribution in [0.15, 0.2) is 42.6 Å². The number of hydrogen-bond donors (Lipinski definition) is 3. The predicted molar refractivity (Wildman–Crippen MR) is 80.2 cm³/mol. The van der Waals surface area contributed by atoms with Crippen LogP contribution in [0.2, 0.25) is 0 Å². The van der Waals surface area contributed by atoms with Gasteiger partial charge in [0.2, 0.25) is 5.91 Å². The molecule has 0 atom stereocenters. The van der Waals surface area contributed by atoms with Gasteiger partial charge in [-0.2, -0.15) is 0 Å². The maximum absolute atomic E-state index is 11.7. The summed E-state index contributed by atoms with van der Waals surface area (Å²) in [5, 5.41) is 5.77. The summed E-state index contributed by atoms with van der Waals surface area (Å²) in [6, 6.07) is 11.6. The molecular weight excluding hydrogens is 252 g/mol. The van der Waals surface area contributed by atoms with Gasteiger partial charge in [-0.3, -0.25) is 4.79 Å². The normalized spacial score (nSPS) is 10.1. The number of nitrogens with one attached hydrogen (secondary N) is 2. The van der Waals surface area contributed by atoms with E-state index in [1.54, 1.807) is 6.20 Å². The van der Waals surface area contributed by atoms with Gasteiger partial charge in [-0.05, 0) is 24.1 Å². The molecule has 2 rings (SSSR count). The Labute approximate surface area is 118 Å². The highest BCUT2D eigenvalue weighted by Crippen LogP contribution is 2.17. The van der Waals surface area contributed by atoms with E-state index < -0.39 is 0 Å². The molecule has 1 amide bonds. The van der Waals surface area contributed by atoms with E-state index in [9.17, 15) is 4.79 Å². The number of nitrogen functional groups attached to an aromatic ring is 1. The molecular formula is C15H18N4O. The number of anilines is 2. The minimum absolute atomic E-state index is 0.100. The lowest BCUT2D eigenvalue weighted by atomic mass is 10.2. The van der Waals surface area contributed by atoms with Gasteiger partial charge in [0.1, 0.15) is 5.82 Å². The van der Waals surface area contributed by atoms with Gasteiger partial charge in [-0.15, -0.1) is 0 Å². The standard InChI is InChI=1S/C15H18N4O/c1-11-7-8-17-15(14(11)16)19-10-13(20)18-9-12-5-3-2-4-6-12/h2-8H,9-10,16H2,1H3,(H,17,19)(H,18,20). The highest BCUT2D eigenvalue weighted by molar-refractivity contribution is 5.81. The topological polar surface area (TPSA) is 80.0 Å². The molecule has 0 aliphatic rings. The van der Waals surface area contributed by atoms with Crippen molar-refractivity contribution in [3.63, 3.8) is 0 Å². The van der Waals surface area contributed by atoms with Crippen LogP contribution in [0.3, 0.4) is 0 Å². The Morgan fingerprint density at radius 2 is 2.00 bits per heavy atom. The Balaban J connectivity index is 1.82. The summed E-state index contributed by atoms with van der Waals surface area (Å²) in [7, 11) is 0. The van der Waals surface area contributed by atoms with E-state index in [2.05, 4.69) is 15.6 Å². The number of nitrogens with zero attached hydrogens (tertiary/aromatic N) is 1.